The summed E-state index contributed by atoms with van der Waals surface area (Å²) in [5.41, 5.74) is 0.0384. The Balaban J connectivity index is 1.81. The molecule has 23 heavy (non-hydrogen) atoms. The fraction of sp³-hybridized carbons (Fsp3) is 0.625. The van der Waals surface area contributed by atoms with Crippen LogP contribution in [0, 0.1) is 5.41 Å². The Morgan fingerprint density at radius 1 is 1.26 bits per heavy atom. The second-order valence-corrected chi connectivity index (χ2v) is 6.74. The van der Waals surface area contributed by atoms with Crippen LogP contribution in [0.15, 0.2) is 12.4 Å². The second kappa shape index (κ2) is 5.79. The first-order chi connectivity index (χ1) is 10.9. The highest BCUT2D eigenvalue weighted by Gasteiger charge is 2.47. The molecule has 0 aliphatic carbocycles. The molecule has 0 bridgehead atoms. The van der Waals surface area contributed by atoms with Gasteiger partial charge in [0.1, 0.15) is 11.5 Å². The van der Waals surface area contributed by atoms with Crippen LogP contribution in [0.5, 0.6) is 0 Å². The predicted octanol–water partition coefficient (Wildman–Crippen LogP) is 0.627. The molecule has 0 aromatic carbocycles. The van der Waals surface area contributed by atoms with E-state index in [1.165, 1.54) is 11.1 Å². The third-order valence-corrected chi connectivity index (χ3v) is 4.87. The summed E-state index contributed by atoms with van der Waals surface area (Å²) >= 11 is 0. The summed E-state index contributed by atoms with van der Waals surface area (Å²) in [5, 5.41) is 0. The van der Waals surface area contributed by atoms with E-state index in [4.69, 9.17) is 0 Å². The van der Waals surface area contributed by atoms with Crippen molar-refractivity contribution in [3.63, 3.8) is 0 Å². The molecule has 7 nitrogen and oxygen atoms in total. The van der Waals surface area contributed by atoms with Crippen molar-refractivity contribution in [1.29, 1.82) is 0 Å². The third kappa shape index (κ3) is 2.75. The number of carbonyl (C=O) groups is 2. The molecule has 0 saturated carbocycles. The number of hydrogen-bond acceptors (Lipinski definition) is 5. The van der Waals surface area contributed by atoms with Crippen LogP contribution in [0.3, 0.4) is 0 Å². The molecule has 1 atom stereocenters. The Labute approximate surface area is 136 Å². The molecule has 2 fully saturated rings. The van der Waals surface area contributed by atoms with E-state index in [-0.39, 0.29) is 17.2 Å². The maximum atomic E-state index is 12.6. The molecule has 3 rings (SSSR count). The van der Waals surface area contributed by atoms with Crippen molar-refractivity contribution in [2.45, 2.75) is 19.3 Å². The largest absolute Gasteiger partial charge is 0.354 e. The maximum absolute atomic E-state index is 12.6. The number of nitrogens with zero attached hydrogens (tertiary/aromatic N) is 5. The molecule has 1 spiro atoms. The molecule has 1 aromatic heterocycles. The molecular weight excluding hydrogens is 294 g/mol. The van der Waals surface area contributed by atoms with E-state index in [0.717, 1.165) is 32.4 Å². The van der Waals surface area contributed by atoms with Gasteiger partial charge in [0, 0.05) is 40.8 Å². The van der Waals surface area contributed by atoms with E-state index in [1.807, 2.05) is 11.9 Å². The van der Waals surface area contributed by atoms with Crippen LogP contribution in [0.4, 0.5) is 5.82 Å². The minimum atomic E-state index is -0.295. The van der Waals surface area contributed by atoms with Crippen molar-refractivity contribution in [2.24, 2.45) is 5.41 Å². The molecule has 0 radical (unpaired) electrons. The van der Waals surface area contributed by atoms with Gasteiger partial charge >= 0.3 is 0 Å². The van der Waals surface area contributed by atoms with Gasteiger partial charge in [0.05, 0.1) is 17.8 Å². The molecular formula is C16H23N5O2. The summed E-state index contributed by atoms with van der Waals surface area (Å²) in [6, 6.07) is 0. The summed E-state index contributed by atoms with van der Waals surface area (Å²) in [6.07, 6.45) is 5.96. The lowest BCUT2D eigenvalue weighted by Gasteiger charge is -2.37. The molecule has 2 saturated heterocycles. The van der Waals surface area contributed by atoms with Crippen molar-refractivity contribution in [2.75, 3.05) is 45.7 Å². The summed E-state index contributed by atoms with van der Waals surface area (Å²) < 4.78 is 0. The fourth-order valence-corrected chi connectivity index (χ4v) is 3.55. The Bertz CT molecular complexity index is 633. The Hall–Kier alpha value is -2.18. The fourth-order valence-electron chi connectivity index (χ4n) is 3.55. The summed E-state index contributed by atoms with van der Waals surface area (Å²) in [6.45, 7) is 2.27. The number of anilines is 1. The minimum Gasteiger partial charge on any atom is -0.354 e. The lowest BCUT2D eigenvalue weighted by molar-refractivity contribution is -0.143. The first-order valence-electron chi connectivity index (χ1n) is 7.97. The van der Waals surface area contributed by atoms with Crippen molar-refractivity contribution in [3.8, 4) is 0 Å². The van der Waals surface area contributed by atoms with Gasteiger partial charge in [0.2, 0.25) is 5.91 Å². The van der Waals surface area contributed by atoms with E-state index < -0.39 is 0 Å². The molecule has 1 aromatic rings. The van der Waals surface area contributed by atoms with Crippen molar-refractivity contribution in [1.82, 2.24) is 19.8 Å². The Morgan fingerprint density at radius 2 is 2.04 bits per heavy atom. The van der Waals surface area contributed by atoms with Crippen LogP contribution in [-0.4, -0.2) is 72.4 Å². The minimum absolute atomic E-state index is 0.165. The quantitative estimate of drug-likeness (QED) is 0.800. The van der Waals surface area contributed by atoms with Gasteiger partial charge in [-0.3, -0.25) is 14.6 Å². The van der Waals surface area contributed by atoms with Crippen LogP contribution in [0.2, 0.25) is 0 Å². The van der Waals surface area contributed by atoms with Gasteiger partial charge in [0.25, 0.3) is 5.91 Å². The average molecular weight is 317 g/mol. The third-order valence-electron chi connectivity index (χ3n) is 4.87. The summed E-state index contributed by atoms with van der Waals surface area (Å²) in [4.78, 5) is 38.6. The summed E-state index contributed by atoms with van der Waals surface area (Å²) in [5.74, 6) is 0.747. The smallest absolute Gasteiger partial charge is 0.273 e. The van der Waals surface area contributed by atoms with Crippen LogP contribution in [0.1, 0.15) is 29.8 Å². The lowest BCUT2D eigenvalue weighted by Crippen LogP contribution is -2.48. The molecule has 7 heteroatoms. The molecule has 0 unspecified atom stereocenters. The maximum Gasteiger partial charge on any atom is 0.273 e. The van der Waals surface area contributed by atoms with Crippen molar-refractivity contribution < 1.29 is 9.59 Å². The van der Waals surface area contributed by atoms with E-state index in [2.05, 4.69) is 14.9 Å². The van der Waals surface area contributed by atoms with Gasteiger partial charge in [-0.05, 0) is 19.3 Å². The van der Waals surface area contributed by atoms with E-state index in [9.17, 15) is 9.59 Å². The molecule has 2 aliphatic heterocycles. The number of piperidine rings is 1. The highest BCUT2D eigenvalue weighted by atomic mass is 16.2. The standard InChI is InChI=1S/C16H23N5O2/c1-19(2)14(22)12-9-17-10-13(18-12)21-8-6-16(11-21)5-4-7-20(3)15(16)23/h9-10H,4-8,11H2,1-3H3/t16-/m1/s1. The van der Waals surface area contributed by atoms with Gasteiger partial charge in [-0.15, -0.1) is 0 Å². The monoisotopic (exact) mass is 317 g/mol. The molecule has 2 amide bonds. The normalized spacial score (nSPS) is 24.4. The number of aromatic nitrogens is 2. The van der Waals surface area contributed by atoms with Crippen molar-refractivity contribution in [3.05, 3.63) is 18.1 Å². The zero-order valence-electron chi connectivity index (χ0n) is 13.9. The van der Waals surface area contributed by atoms with E-state index in [0.29, 0.717) is 18.1 Å². The topological polar surface area (TPSA) is 69.6 Å². The number of likely N-dealkylation sites (tertiary alicyclic amines) is 1. The van der Waals surface area contributed by atoms with Crippen LogP contribution >= 0.6 is 0 Å². The van der Waals surface area contributed by atoms with E-state index in [1.54, 1.807) is 20.3 Å². The van der Waals surface area contributed by atoms with Crippen LogP contribution in [0.25, 0.3) is 0 Å². The zero-order valence-corrected chi connectivity index (χ0v) is 13.9. The van der Waals surface area contributed by atoms with E-state index >= 15 is 0 Å². The highest BCUT2D eigenvalue weighted by Crippen LogP contribution is 2.40. The number of hydrogen-bond donors (Lipinski definition) is 0. The predicted molar refractivity (Wildman–Crippen MR) is 86.2 cm³/mol. The number of rotatable bonds is 2. The Kier molecular flexibility index (Phi) is 3.95. The zero-order chi connectivity index (χ0) is 16.6. The van der Waals surface area contributed by atoms with Crippen LogP contribution in [-0.2, 0) is 4.79 Å². The van der Waals surface area contributed by atoms with Gasteiger partial charge in [-0.1, -0.05) is 0 Å². The molecule has 124 valence electrons. The summed E-state index contributed by atoms with van der Waals surface area (Å²) in [7, 11) is 5.26. The lowest BCUT2D eigenvalue weighted by atomic mass is 9.78. The average Bonchev–Trinajstić information content (AvgIpc) is 2.97. The first kappa shape index (κ1) is 15.7. The molecule has 0 N–H and O–H groups in total. The highest BCUT2D eigenvalue weighted by molar-refractivity contribution is 5.92. The number of carbonyl (C=O) groups excluding carboxylic acids is 2. The van der Waals surface area contributed by atoms with Gasteiger partial charge in [-0.2, -0.15) is 0 Å². The van der Waals surface area contributed by atoms with Crippen LogP contribution < -0.4 is 4.90 Å². The first-order valence-corrected chi connectivity index (χ1v) is 7.97. The van der Waals surface area contributed by atoms with Gasteiger partial charge in [-0.25, -0.2) is 4.98 Å². The SMILES string of the molecule is CN(C)C(=O)c1cncc(N2CC[C@]3(CCCN(C)C3=O)C2)n1. The van der Waals surface area contributed by atoms with Crippen molar-refractivity contribution >= 4 is 17.6 Å². The molecule has 2 aliphatic rings. The van der Waals surface area contributed by atoms with Gasteiger partial charge < -0.3 is 14.7 Å². The Morgan fingerprint density at radius 3 is 2.78 bits per heavy atom. The van der Waals surface area contributed by atoms with Gasteiger partial charge in [0.15, 0.2) is 0 Å². The molecule has 3 heterocycles. The number of amides is 2. The second-order valence-electron chi connectivity index (χ2n) is 6.74.